The molecule has 1 unspecified atom stereocenters. The summed E-state index contributed by atoms with van der Waals surface area (Å²) >= 11 is 0. The van der Waals surface area contributed by atoms with Crippen LogP contribution in [0, 0.1) is 5.92 Å². The first-order valence-electron chi connectivity index (χ1n) is 5.70. The molecule has 1 aromatic carbocycles. The molecule has 0 aliphatic heterocycles. The van der Waals surface area contributed by atoms with E-state index in [2.05, 4.69) is 10.2 Å². The number of hydrazine groups is 1. The van der Waals surface area contributed by atoms with Gasteiger partial charge in [0.25, 0.3) is 0 Å². The Morgan fingerprint density at radius 3 is 2.65 bits per heavy atom. The Kier molecular flexibility index (Phi) is 3.91. The molecule has 3 nitrogen and oxygen atoms in total. The van der Waals surface area contributed by atoms with Crippen molar-refractivity contribution in [2.75, 3.05) is 0 Å². The Morgan fingerprint density at radius 1 is 1.35 bits per heavy atom. The van der Waals surface area contributed by atoms with Gasteiger partial charge in [-0.3, -0.25) is 11.3 Å². The van der Waals surface area contributed by atoms with E-state index in [4.69, 9.17) is 5.84 Å². The summed E-state index contributed by atoms with van der Waals surface area (Å²) in [6.45, 7) is -2.81. The van der Waals surface area contributed by atoms with Crippen LogP contribution in [0.3, 0.4) is 0 Å². The highest BCUT2D eigenvalue weighted by Gasteiger charge is 2.27. The van der Waals surface area contributed by atoms with E-state index in [-0.39, 0.29) is 11.8 Å². The van der Waals surface area contributed by atoms with Gasteiger partial charge in [0.2, 0.25) is 0 Å². The molecule has 0 radical (unpaired) electrons. The zero-order chi connectivity index (χ0) is 12.3. The maximum Gasteiger partial charge on any atom is 0.387 e. The van der Waals surface area contributed by atoms with Gasteiger partial charge in [0.05, 0.1) is 0 Å². The summed E-state index contributed by atoms with van der Waals surface area (Å²) in [6, 6.07) is 6.65. The van der Waals surface area contributed by atoms with Crippen molar-refractivity contribution < 1.29 is 13.5 Å². The summed E-state index contributed by atoms with van der Waals surface area (Å²) in [5, 5.41) is 0. The molecule has 0 aromatic heterocycles. The van der Waals surface area contributed by atoms with Crippen LogP contribution in [0.1, 0.15) is 30.9 Å². The molecule has 1 saturated carbocycles. The van der Waals surface area contributed by atoms with Gasteiger partial charge in [-0.2, -0.15) is 8.78 Å². The predicted molar refractivity (Wildman–Crippen MR) is 60.5 cm³/mol. The molecule has 17 heavy (non-hydrogen) atoms. The highest BCUT2D eigenvalue weighted by molar-refractivity contribution is 5.36. The average molecular weight is 242 g/mol. The van der Waals surface area contributed by atoms with Crippen LogP contribution in [0.4, 0.5) is 8.78 Å². The first-order valence-corrected chi connectivity index (χ1v) is 5.70. The third kappa shape index (κ3) is 3.38. The molecule has 1 aromatic rings. The molecule has 5 heteroatoms. The van der Waals surface area contributed by atoms with Crippen molar-refractivity contribution in [3.63, 3.8) is 0 Å². The van der Waals surface area contributed by atoms with Crippen molar-refractivity contribution in [3.05, 3.63) is 29.8 Å². The van der Waals surface area contributed by atoms with Crippen molar-refractivity contribution in [3.8, 4) is 5.75 Å². The Bertz CT molecular complexity index is 369. The zero-order valence-electron chi connectivity index (χ0n) is 9.40. The second kappa shape index (κ2) is 5.42. The van der Waals surface area contributed by atoms with E-state index in [0.29, 0.717) is 11.5 Å². The molecule has 0 saturated heterocycles. The van der Waals surface area contributed by atoms with Crippen LogP contribution in [-0.2, 0) is 0 Å². The van der Waals surface area contributed by atoms with Crippen LogP contribution in [0.5, 0.6) is 5.75 Å². The second-order valence-corrected chi connectivity index (χ2v) is 4.31. The SMILES string of the molecule is NNC(CC1CC1)c1ccccc1OC(F)F. The third-order valence-corrected chi connectivity index (χ3v) is 2.98. The molecule has 94 valence electrons. The first-order chi connectivity index (χ1) is 8.20. The number of hydrogen-bond donors (Lipinski definition) is 2. The van der Waals surface area contributed by atoms with E-state index in [1.54, 1.807) is 24.3 Å². The van der Waals surface area contributed by atoms with E-state index in [1.807, 2.05) is 0 Å². The van der Waals surface area contributed by atoms with Crippen LogP contribution in [0.25, 0.3) is 0 Å². The predicted octanol–water partition coefficient (Wildman–Crippen LogP) is 2.59. The number of rotatable bonds is 6. The number of alkyl halides is 2. The number of halogens is 2. The smallest absolute Gasteiger partial charge is 0.387 e. The van der Waals surface area contributed by atoms with Crippen LogP contribution in [0.15, 0.2) is 24.3 Å². The van der Waals surface area contributed by atoms with E-state index in [1.165, 1.54) is 12.8 Å². The summed E-state index contributed by atoms with van der Waals surface area (Å²) < 4.78 is 29.0. The number of hydrogen-bond acceptors (Lipinski definition) is 3. The van der Waals surface area contributed by atoms with Gasteiger partial charge in [0.15, 0.2) is 0 Å². The van der Waals surface area contributed by atoms with E-state index < -0.39 is 6.61 Å². The van der Waals surface area contributed by atoms with Crippen LogP contribution >= 0.6 is 0 Å². The highest BCUT2D eigenvalue weighted by Crippen LogP contribution is 2.39. The lowest BCUT2D eigenvalue weighted by atomic mass is 10.0. The van der Waals surface area contributed by atoms with Gasteiger partial charge in [0, 0.05) is 11.6 Å². The lowest BCUT2D eigenvalue weighted by Gasteiger charge is -2.19. The average Bonchev–Trinajstić information content (AvgIpc) is 3.10. The van der Waals surface area contributed by atoms with Gasteiger partial charge >= 0.3 is 6.61 Å². The number of ether oxygens (including phenoxy) is 1. The number of para-hydroxylation sites is 1. The molecule has 0 heterocycles. The maximum absolute atomic E-state index is 12.3. The van der Waals surface area contributed by atoms with Crippen LogP contribution in [0.2, 0.25) is 0 Å². The number of nitrogens with two attached hydrogens (primary N) is 1. The molecule has 0 amide bonds. The molecule has 1 aliphatic carbocycles. The molecule has 3 N–H and O–H groups in total. The minimum absolute atomic E-state index is 0.127. The lowest BCUT2D eigenvalue weighted by Crippen LogP contribution is -2.29. The Labute approximate surface area is 98.9 Å². The quantitative estimate of drug-likeness (QED) is 0.595. The van der Waals surface area contributed by atoms with Gasteiger partial charge < -0.3 is 4.74 Å². The monoisotopic (exact) mass is 242 g/mol. The van der Waals surface area contributed by atoms with Crippen LogP contribution < -0.4 is 16.0 Å². The Hall–Kier alpha value is -1.20. The summed E-state index contributed by atoms with van der Waals surface area (Å²) in [4.78, 5) is 0. The summed E-state index contributed by atoms with van der Waals surface area (Å²) in [5.41, 5.74) is 3.37. The molecule has 2 rings (SSSR count). The van der Waals surface area contributed by atoms with Gasteiger partial charge in [0.1, 0.15) is 5.75 Å². The molecule has 1 atom stereocenters. The van der Waals surface area contributed by atoms with Crippen LogP contribution in [-0.4, -0.2) is 6.61 Å². The topological polar surface area (TPSA) is 47.3 Å². The fourth-order valence-corrected chi connectivity index (χ4v) is 1.94. The number of nitrogens with one attached hydrogen (secondary N) is 1. The van der Waals surface area contributed by atoms with E-state index in [9.17, 15) is 8.78 Å². The normalized spacial score (nSPS) is 17.2. The van der Waals surface area contributed by atoms with Crippen molar-refractivity contribution in [2.45, 2.75) is 31.9 Å². The molecule has 1 aliphatic rings. The van der Waals surface area contributed by atoms with Crippen molar-refractivity contribution in [2.24, 2.45) is 11.8 Å². The zero-order valence-corrected chi connectivity index (χ0v) is 9.40. The standard InChI is InChI=1S/C12H16F2N2O/c13-12(14)17-11-4-2-1-3-9(11)10(16-15)7-8-5-6-8/h1-4,8,10,12,16H,5-7,15H2. The lowest BCUT2D eigenvalue weighted by molar-refractivity contribution is -0.0507. The van der Waals surface area contributed by atoms with Gasteiger partial charge in [-0.15, -0.1) is 0 Å². The molecule has 0 bridgehead atoms. The highest BCUT2D eigenvalue weighted by atomic mass is 19.3. The summed E-state index contributed by atoms with van der Waals surface area (Å²) in [6.07, 6.45) is 3.24. The molecular formula is C12H16F2N2O. The molecule has 1 fully saturated rings. The summed E-state index contributed by atoms with van der Waals surface area (Å²) in [5.74, 6) is 6.34. The van der Waals surface area contributed by atoms with Gasteiger partial charge in [-0.25, -0.2) is 0 Å². The second-order valence-electron chi connectivity index (χ2n) is 4.31. The van der Waals surface area contributed by atoms with E-state index in [0.717, 1.165) is 6.42 Å². The fourth-order valence-electron chi connectivity index (χ4n) is 1.94. The Balaban J connectivity index is 2.15. The van der Waals surface area contributed by atoms with Gasteiger partial charge in [-0.05, 0) is 18.4 Å². The number of benzene rings is 1. The fraction of sp³-hybridized carbons (Fsp3) is 0.500. The molecular weight excluding hydrogens is 226 g/mol. The first kappa shape index (κ1) is 12.3. The van der Waals surface area contributed by atoms with Gasteiger partial charge in [-0.1, -0.05) is 31.0 Å². The Morgan fingerprint density at radius 2 is 2.06 bits per heavy atom. The minimum Gasteiger partial charge on any atom is -0.434 e. The van der Waals surface area contributed by atoms with E-state index >= 15 is 0 Å². The van der Waals surface area contributed by atoms with Crippen molar-refractivity contribution in [1.82, 2.24) is 5.43 Å². The van der Waals surface area contributed by atoms with Crippen molar-refractivity contribution >= 4 is 0 Å². The third-order valence-electron chi connectivity index (χ3n) is 2.98. The summed E-state index contributed by atoms with van der Waals surface area (Å²) in [7, 11) is 0. The maximum atomic E-state index is 12.3. The minimum atomic E-state index is -2.81. The largest absolute Gasteiger partial charge is 0.434 e. The van der Waals surface area contributed by atoms with Crippen molar-refractivity contribution in [1.29, 1.82) is 0 Å². The molecule has 0 spiro atoms.